The molecule has 0 fully saturated rings. The highest BCUT2D eigenvalue weighted by atomic mass is 32.2. The largest absolute Gasteiger partial charge is 0.323 e. The van der Waals surface area contributed by atoms with Gasteiger partial charge in [-0.1, -0.05) is 24.3 Å². The van der Waals surface area contributed by atoms with Crippen molar-refractivity contribution in [2.24, 2.45) is 0 Å². The normalized spacial score (nSPS) is 11.3. The van der Waals surface area contributed by atoms with Gasteiger partial charge in [0.1, 0.15) is 6.61 Å². The predicted molar refractivity (Wildman–Crippen MR) is 55.6 cm³/mol. The van der Waals surface area contributed by atoms with Gasteiger partial charge in [-0.2, -0.15) is 8.42 Å². The van der Waals surface area contributed by atoms with Gasteiger partial charge in [0.15, 0.2) is 0 Å². The average Bonchev–Trinajstić information content (AvgIpc) is 2.18. The Morgan fingerprint density at radius 2 is 2.07 bits per heavy atom. The van der Waals surface area contributed by atoms with E-state index < -0.39 is 10.1 Å². The molecule has 0 spiro atoms. The summed E-state index contributed by atoms with van der Waals surface area (Å²) in [6.45, 7) is 5.07. The van der Waals surface area contributed by atoms with Gasteiger partial charge < -0.3 is 0 Å². The fourth-order valence-electron chi connectivity index (χ4n) is 1.01. The first-order valence-electron chi connectivity index (χ1n) is 4.30. The Morgan fingerprint density at radius 3 is 2.67 bits per heavy atom. The molecule has 0 heterocycles. The molecule has 0 unspecified atom stereocenters. The molecular formula is C10H12O4S. The van der Waals surface area contributed by atoms with Crippen LogP contribution in [0.4, 0.5) is 0 Å². The Kier molecular flexibility index (Phi) is 4.02. The van der Waals surface area contributed by atoms with Gasteiger partial charge in [-0.25, -0.2) is 4.89 Å². The van der Waals surface area contributed by atoms with Crippen LogP contribution in [0.15, 0.2) is 41.8 Å². The van der Waals surface area contributed by atoms with Crippen molar-refractivity contribution in [3.8, 4) is 0 Å². The number of aryl methyl sites for hydroxylation is 1. The molecule has 15 heavy (non-hydrogen) atoms. The van der Waals surface area contributed by atoms with Crippen molar-refractivity contribution in [1.82, 2.24) is 0 Å². The molecule has 5 heteroatoms. The molecule has 0 saturated heterocycles. The fraction of sp³-hybridized carbons (Fsp3) is 0.200. The molecular weight excluding hydrogens is 216 g/mol. The van der Waals surface area contributed by atoms with E-state index in [4.69, 9.17) is 0 Å². The first kappa shape index (κ1) is 11.9. The van der Waals surface area contributed by atoms with Gasteiger partial charge in [-0.05, 0) is 18.6 Å². The van der Waals surface area contributed by atoms with Gasteiger partial charge in [0.05, 0.1) is 4.90 Å². The molecule has 0 aliphatic rings. The third-order valence-electron chi connectivity index (χ3n) is 1.69. The van der Waals surface area contributed by atoms with Crippen molar-refractivity contribution in [3.05, 3.63) is 42.5 Å². The van der Waals surface area contributed by atoms with Crippen LogP contribution in [0.25, 0.3) is 0 Å². The first-order chi connectivity index (χ1) is 7.08. The second-order valence-corrected chi connectivity index (χ2v) is 4.35. The monoisotopic (exact) mass is 228 g/mol. The van der Waals surface area contributed by atoms with E-state index in [0.717, 1.165) is 0 Å². The quantitative estimate of drug-likeness (QED) is 0.334. The van der Waals surface area contributed by atoms with Crippen LogP contribution in [0.5, 0.6) is 0 Å². The highest BCUT2D eigenvalue weighted by molar-refractivity contribution is 7.86. The van der Waals surface area contributed by atoms with Crippen LogP contribution in [0, 0.1) is 6.92 Å². The smallest absolute Gasteiger partial charge is 0.215 e. The highest BCUT2D eigenvalue weighted by Crippen LogP contribution is 2.16. The topological polar surface area (TPSA) is 52.6 Å². The molecule has 1 aromatic rings. The molecule has 0 radical (unpaired) electrons. The summed E-state index contributed by atoms with van der Waals surface area (Å²) in [5.41, 5.74) is 0.611. The molecule has 0 amide bonds. The third-order valence-corrected chi connectivity index (χ3v) is 2.96. The van der Waals surface area contributed by atoms with E-state index in [2.05, 4.69) is 15.8 Å². The van der Waals surface area contributed by atoms with E-state index in [1.165, 1.54) is 12.1 Å². The van der Waals surface area contributed by atoms with Crippen molar-refractivity contribution >= 4 is 10.1 Å². The number of hydrogen-bond donors (Lipinski definition) is 0. The molecule has 1 rings (SSSR count). The highest BCUT2D eigenvalue weighted by Gasteiger charge is 2.17. The van der Waals surface area contributed by atoms with Gasteiger partial charge in [0, 0.05) is 0 Å². The molecule has 4 nitrogen and oxygen atoms in total. The summed E-state index contributed by atoms with van der Waals surface area (Å²) in [5, 5.41) is 0. The molecule has 0 N–H and O–H groups in total. The van der Waals surface area contributed by atoms with Crippen LogP contribution in [0.3, 0.4) is 0 Å². The zero-order valence-electron chi connectivity index (χ0n) is 8.34. The number of benzene rings is 1. The van der Waals surface area contributed by atoms with Crippen molar-refractivity contribution in [3.63, 3.8) is 0 Å². The van der Waals surface area contributed by atoms with Crippen molar-refractivity contribution in [2.75, 3.05) is 6.61 Å². The summed E-state index contributed by atoms with van der Waals surface area (Å²) in [6, 6.07) is 6.52. The summed E-state index contributed by atoms with van der Waals surface area (Å²) in [7, 11) is -3.83. The lowest BCUT2D eigenvalue weighted by Crippen LogP contribution is -2.08. The second kappa shape index (κ2) is 5.06. The Bertz CT molecular complexity index is 436. The molecule has 0 saturated carbocycles. The zero-order valence-corrected chi connectivity index (χ0v) is 9.16. The maximum atomic E-state index is 11.5. The van der Waals surface area contributed by atoms with Crippen molar-refractivity contribution < 1.29 is 17.6 Å². The minimum atomic E-state index is -3.83. The Labute approximate surface area is 89.2 Å². The zero-order chi connectivity index (χ0) is 11.3. The Balaban J connectivity index is 2.87. The number of rotatable bonds is 5. The summed E-state index contributed by atoms with van der Waals surface area (Å²) in [5.74, 6) is 0. The summed E-state index contributed by atoms with van der Waals surface area (Å²) in [4.78, 5) is 4.56. The van der Waals surface area contributed by atoms with Crippen LogP contribution in [0.1, 0.15) is 5.56 Å². The number of hydrogen-bond acceptors (Lipinski definition) is 4. The maximum Gasteiger partial charge on any atom is 0.323 e. The summed E-state index contributed by atoms with van der Waals surface area (Å²) < 4.78 is 27.4. The van der Waals surface area contributed by atoms with Crippen LogP contribution >= 0.6 is 0 Å². The molecule has 0 aliphatic carbocycles. The molecule has 0 aromatic heterocycles. The van der Waals surface area contributed by atoms with Crippen molar-refractivity contribution in [2.45, 2.75) is 11.8 Å². The Morgan fingerprint density at radius 1 is 1.40 bits per heavy atom. The van der Waals surface area contributed by atoms with E-state index in [0.29, 0.717) is 5.56 Å². The lowest BCUT2D eigenvalue weighted by Gasteiger charge is -2.05. The minimum absolute atomic E-state index is 0.0190. The van der Waals surface area contributed by atoms with Gasteiger partial charge in [-0.3, -0.25) is 0 Å². The van der Waals surface area contributed by atoms with Crippen LogP contribution in [-0.4, -0.2) is 15.0 Å². The SMILES string of the molecule is C=CCOOS(=O)(=O)c1ccccc1C. The minimum Gasteiger partial charge on any atom is -0.215 e. The van der Waals surface area contributed by atoms with E-state index >= 15 is 0 Å². The lowest BCUT2D eigenvalue weighted by molar-refractivity contribution is -0.190. The summed E-state index contributed by atoms with van der Waals surface area (Å²) in [6.07, 6.45) is 1.40. The third kappa shape index (κ3) is 3.16. The van der Waals surface area contributed by atoms with Crippen molar-refractivity contribution in [1.29, 1.82) is 0 Å². The fourth-order valence-corrected chi connectivity index (χ4v) is 1.98. The van der Waals surface area contributed by atoms with E-state index in [1.54, 1.807) is 25.1 Å². The molecule has 0 atom stereocenters. The van der Waals surface area contributed by atoms with Gasteiger partial charge in [-0.15, -0.1) is 10.9 Å². The summed E-state index contributed by atoms with van der Waals surface area (Å²) >= 11 is 0. The van der Waals surface area contributed by atoms with Gasteiger partial charge in [0.2, 0.25) is 0 Å². The molecule has 1 aromatic carbocycles. The average molecular weight is 228 g/mol. The second-order valence-electron chi connectivity index (χ2n) is 2.86. The van der Waals surface area contributed by atoms with Crippen LogP contribution < -0.4 is 0 Å². The lowest BCUT2D eigenvalue weighted by atomic mass is 10.2. The first-order valence-corrected chi connectivity index (χ1v) is 5.71. The van der Waals surface area contributed by atoms with Gasteiger partial charge >= 0.3 is 10.1 Å². The molecule has 0 bridgehead atoms. The van der Waals surface area contributed by atoms with Crippen LogP contribution in [-0.2, 0) is 19.3 Å². The molecule has 82 valence electrons. The van der Waals surface area contributed by atoms with Crippen LogP contribution in [0.2, 0.25) is 0 Å². The predicted octanol–water partition coefficient (Wildman–Crippen LogP) is 1.82. The Hall–Kier alpha value is -1.17. The van der Waals surface area contributed by atoms with E-state index in [-0.39, 0.29) is 11.5 Å². The van der Waals surface area contributed by atoms with Gasteiger partial charge in [0.25, 0.3) is 0 Å². The maximum absolute atomic E-state index is 11.5. The molecule has 0 aliphatic heterocycles. The van der Waals surface area contributed by atoms with E-state index in [9.17, 15) is 8.42 Å². The standard InChI is InChI=1S/C10H12O4S/c1-3-8-13-14-15(11,12)10-7-5-4-6-9(10)2/h3-7H,1,8H2,2H3. The van der Waals surface area contributed by atoms with E-state index in [1.807, 2.05) is 0 Å².